The minimum absolute atomic E-state index is 0.400. The SMILES string of the molecule is COc1nc(-c2nnc(C[C@@H](C)c3ccccc3)c3c2CCC3)ccc1-n1cnc(C)c1. The first-order valence-electron chi connectivity index (χ1n) is 11.1. The topological polar surface area (TPSA) is 65.7 Å². The molecule has 6 heteroatoms. The van der Waals surface area contributed by atoms with Crippen LogP contribution < -0.4 is 4.74 Å². The number of hydrogen-bond acceptors (Lipinski definition) is 5. The number of rotatable bonds is 6. The molecule has 0 fully saturated rings. The number of nitrogens with zero attached hydrogens (tertiary/aromatic N) is 5. The van der Waals surface area contributed by atoms with Crippen molar-refractivity contribution >= 4 is 0 Å². The molecule has 6 nitrogen and oxygen atoms in total. The minimum atomic E-state index is 0.400. The van der Waals surface area contributed by atoms with Crippen molar-refractivity contribution in [2.45, 2.75) is 45.4 Å². The standard InChI is InChI=1S/C26H27N5O/c1-17(19-8-5-4-6-9-19)14-23-20-10-7-11-21(20)25(30-29-23)22-12-13-24(26(28-22)32-3)31-15-18(2)27-16-31/h4-6,8-9,12-13,15-17H,7,10-11,14H2,1-3H3/t17-/m1/s1. The first-order chi connectivity index (χ1) is 15.6. The summed E-state index contributed by atoms with van der Waals surface area (Å²) in [6, 6.07) is 14.6. The van der Waals surface area contributed by atoms with Gasteiger partial charge >= 0.3 is 0 Å². The van der Waals surface area contributed by atoms with E-state index in [-0.39, 0.29) is 0 Å². The maximum atomic E-state index is 5.61. The predicted molar refractivity (Wildman–Crippen MR) is 124 cm³/mol. The van der Waals surface area contributed by atoms with Crippen LogP contribution in [0, 0.1) is 6.92 Å². The van der Waals surface area contributed by atoms with Crippen molar-refractivity contribution < 1.29 is 4.74 Å². The van der Waals surface area contributed by atoms with E-state index in [4.69, 9.17) is 9.72 Å². The van der Waals surface area contributed by atoms with Crippen LogP contribution in [0.25, 0.3) is 17.1 Å². The summed E-state index contributed by atoms with van der Waals surface area (Å²) in [5.74, 6) is 0.951. The zero-order valence-electron chi connectivity index (χ0n) is 18.7. The fraction of sp³-hybridized carbons (Fsp3) is 0.308. The van der Waals surface area contributed by atoms with E-state index in [0.717, 1.165) is 54.1 Å². The van der Waals surface area contributed by atoms with Gasteiger partial charge in [0.1, 0.15) is 11.4 Å². The van der Waals surface area contributed by atoms with Gasteiger partial charge in [-0.2, -0.15) is 5.10 Å². The lowest BCUT2D eigenvalue weighted by Crippen LogP contribution is -2.08. The Morgan fingerprint density at radius 1 is 1.03 bits per heavy atom. The van der Waals surface area contributed by atoms with Gasteiger partial charge in [-0.1, -0.05) is 37.3 Å². The van der Waals surface area contributed by atoms with E-state index >= 15 is 0 Å². The molecule has 1 aliphatic carbocycles. The molecule has 1 aromatic carbocycles. The number of pyridine rings is 1. The Balaban J connectivity index is 1.49. The van der Waals surface area contributed by atoms with Crippen molar-refractivity contribution in [2.24, 2.45) is 0 Å². The zero-order chi connectivity index (χ0) is 22.1. The molecule has 0 N–H and O–H groups in total. The summed E-state index contributed by atoms with van der Waals surface area (Å²) in [5.41, 5.74) is 8.58. The molecule has 0 amide bonds. The second kappa shape index (κ2) is 8.54. The molecule has 3 aromatic heterocycles. The summed E-state index contributed by atoms with van der Waals surface area (Å²) in [4.78, 5) is 9.10. The molecule has 0 unspecified atom stereocenters. The lowest BCUT2D eigenvalue weighted by atomic mass is 9.93. The first kappa shape index (κ1) is 20.4. The molecule has 5 rings (SSSR count). The van der Waals surface area contributed by atoms with Crippen LogP contribution in [-0.4, -0.2) is 31.8 Å². The average Bonchev–Trinajstić information content (AvgIpc) is 3.49. The lowest BCUT2D eigenvalue weighted by molar-refractivity contribution is 0.396. The fourth-order valence-corrected chi connectivity index (χ4v) is 4.58. The van der Waals surface area contributed by atoms with Gasteiger partial charge in [0.2, 0.25) is 5.88 Å². The van der Waals surface area contributed by atoms with E-state index in [1.807, 2.05) is 29.8 Å². The Kier molecular flexibility index (Phi) is 5.43. The van der Waals surface area contributed by atoms with Crippen molar-refractivity contribution in [3.63, 3.8) is 0 Å². The third-order valence-corrected chi connectivity index (χ3v) is 6.26. The van der Waals surface area contributed by atoms with Gasteiger partial charge in [0.05, 0.1) is 30.5 Å². The van der Waals surface area contributed by atoms with Gasteiger partial charge < -0.3 is 9.30 Å². The van der Waals surface area contributed by atoms with Crippen LogP contribution in [0.1, 0.15) is 47.3 Å². The average molecular weight is 426 g/mol. The Morgan fingerprint density at radius 2 is 1.84 bits per heavy atom. The number of imidazole rings is 1. The second-order valence-corrected chi connectivity index (χ2v) is 8.47. The number of ether oxygens (including phenoxy) is 1. The summed E-state index contributed by atoms with van der Waals surface area (Å²) < 4.78 is 7.53. The van der Waals surface area contributed by atoms with Crippen LogP contribution in [-0.2, 0) is 19.3 Å². The van der Waals surface area contributed by atoms with Crippen LogP contribution in [0.4, 0.5) is 0 Å². The second-order valence-electron chi connectivity index (χ2n) is 8.47. The number of methoxy groups -OCH3 is 1. The van der Waals surface area contributed by atoms with Crippen molar-refractivity contribution in [3.8, 4) is 23.0 Å². The maximum absolute atomic E-state index is 5.61. The van der Waals surface area contributed by atoms with Crippen LogP contribution in [0.3, 0.4) is 0 Å². The van der Waals surface area contributed by atoms with Gasteiger partial charge in [0.25, 0.3) is 0 Å². The summed E-state index contributed by atoms with van der Waals surface area (Å²) in [6.45, 7) is 4.22. The number of fused-ring (bicyclic) bond motifs is 1. The highest BCUT2D eigenvalue weighted by Crippen LogP contribution is 2.34. The van der Waals surface area contributed by atoms with Gasteiger partial charge in [-0.25, -0.2) is 9.97 Å². The summed E-state index contributed by atoms with van der Waals surface area (Å²) in [7, 11) is 1.64. The quantitative estimate of drug-likeness (QED) is 0.441. The van der Waals surface area contributed by atoms with Gasteiger partial charge in [-0.15, -0.1) is 5.10 Å². The van der Waals surface area contributed by atoms with E-state index in [0.29, 0.717) is 11.8 Å². The molecule has 0 spiro atoms. The normalized spacial score (nSPS) is 13.7. The van der Waals surface area contributed by atoms with E-state index in [1.165, 1.54) is 16.7 Å². The summed E-state index contributed by atoms with van der Waals surface area (Å²) in [6.07, 6.45) is 7.83. The highest BCUT2D eigenvalue weighted by molar-refractivity contribution is 5.64. The van der Waals surface area contributed by atoms with Crippen LogP contribution in [0.2, 0.25) is 0 Å². The van der Waals surface area contributed by atoms with Gasteiger partial charge in [-0.3, -0.25) is 0 Å². The smallest absolute Gasteiger partial charge is 0.238 e. The maximum Gasteiger partial charge on any atom is 0.238 e. The van der Waals surface area contributed by atoms with Crippen LogP contribution >= 0.6 is 0 Å². The predicted octanol–water partition coefficient (Wildman–Crippen LogP) is 4.88. The molecular weight excluding hydrogens is 398 g/mol. The minimum Gasteiger partial charge on any atom is -0.479 e. The van der Waals surface area contributed by atoms with Gasteiger partial charge in [0, 0.05) is 6.20 Å². The Hall–Kier alpha value is -3.54. The summed E-state index contributed by atoms with van der Waals surface area (Å²) >= 11 is 0. The van der Waals surface area contributed by atoms with E-state index in [1.54, 1.807) is 13.4 Å². The molecule has 0 radical (unpaired) electrons. The van der Waals surface area contributed by atoms with E-state index < -0.39 is 0 Å². The molecule has 0 aliphatic heterocycles. The molecule has 32 heavy (non-hydrogen) atoms. The monoisotopic (exact) mass is 425 g/mol. The molecule has 162 valence electrons. The largest absolute Gasteiger partial charge is 0.479 e. The molecule has 4 aromatic rings. The van der Waals surface area contributed by atoms with E-state index in [9.17, 15) is 0 Å². The third kappa shape index (κ3) is 3.77. The highest BCUT2D eigenvalue weighted by atomic mass is 16.5. The van der Waals surface area contributed by atoms with Crippen molar-refractivity contribution in [1.82, 2.24) is 24.7 Å². The third-order valence-electron chi connectivity index (χ3n) is 6.26. The molecule has 0 bridgehead atoms. The molecule has 0 saturated carbocycles. The van der Waals surface area contributed by atoms with Crippen LogP contribution in [0.5, 0.6) is 5.88 Å². The van der Waals surface area contributed by atoms with Crippen molar-refractivity contribution in [2.75, 3.05) is 7.11 Å². The fourth-order valence-electron chi connectivity index (χ4n) is 4.58. The van der Waals surface area contributed by atoms with Crippen molar-refractivity contribution in [1.29, 1.82) is 0 Å². The lowest BCUT2D eigenvalue weighted by Gasteiger charge is -2.16. The highest BCUT2D eigenvalue weighted by Gasteiger charge is 2.24. The van der Waals surface area contributed by atoms with Gasteiger partial charge in [-0.05, 0) is 67.3 Å². The number of aryl methyl sites for hydroxylation is 1. The zero-order valence-corrected chi connectivity index (χ0v) is 18.7. The van der Waals surface area contributed by atoms with Gasteiger partial charge in [0.15, 0.2) is 0 Å². The van der Waals surface area contributed by atoms with E-state index in [2.05, 4.69) is 52.4 Å². The van der Waals surface area contributed by atoms with Crippen molar-refractivity contribution in [3.05, 3.63) is 83.1 Å². The molecule has 3 heterocycles. The number of benzene rings is 1. The number of aromatic nitrogens is 5. The Morgan fingerprint density at radius 3 is 2.59 bits per heavy atom. The van der Waals surface area contributed by atoms with Crippen LogP contribution in [0.15, 0.2) is 55.0 Å². The molecule has 1 aliphatic rings. The summed E-state index contributed by atoms with van der Waals surface area (Å²) in [5, 5.41) is 9.35. The Labute approximate surface area is 188 Å². The number of hydrogen-bond donors (Lipinski definition) is 0. The molecule has 1 atom stereocenters. The molecule has 0 saturated heterocycles. The first-order valence-corrected chi connectivity index (χ1v) is 11.1. The molecular formula is C26H27N5O. The Bertz CT molecular complexity index is 1250.